The van der Waals surface area contributed by atoms with Crippen LogP contribution in [0.3, 0.4) is 0 Å². The number of halogens is 2. The molecule has 0 unspecified atom stereocenters. The molecule has 2 saturated heterocycles. The summed E-state index contributed by atoms with van der Waals surface area (Å²) >= 11 is 0. The highest BCUT2D eigenvalue weighted by atomic mass is 19.2. The molecular formula is C31H36F2N4O4. The van der Waals surface area contributed by atoms with E-state index in [1.165, 1.54) is 11.1 Å². The lowest BCUT2D eigenvalue weighted by Gasteiger charge is -2.43. The summed E-state index contributed by atoms with van der Waals surface area (Å²) in [6.07, 6.45) is 11.8. The van der Waals surface area contributed by atoms with Gasteiger partial charge in [-0.3, -0.25) is 24.1 Å². The molecule has 1 spiro atoms. The third kappa shape index (κ3) is 5.33. The Morgan fingerprint density at radius 1 is 0.902 bits per heavy atom. The van der Waals surface area contributed by atoms with Gasteiger partial charge in [0, 0.05) is 37.4 Å². The first kappa shape index (κ1) is 27.7. The van der Waals surface area contributed by atoms with Crippen LogP contribution in [-0.2, 0) is 19.2 Å². The molecule has 10 heteroatoms. The van der Waals surface area contributed by atoms with Crippen LogP contribution in [0.25, 0.3) is 0 Å². The monoisotopic (exact) mass is 566 g/mol. The number of piperidine rings is 2. The highest BCUT2D eigenvalue weighted by Crippen LogP contribution is 2.45. The second-order valence-electron chi connectivity index (χ2n) is 12.4. The number of rotatable bonds is 4. The molecule has 2 atom stereocenters. The number of likely N-dealkylation sites (tertiary alicyclic amines) is 2. The number of benzene rings is 1. The Bertz CT molecular complexity index is 1290. The minimum Gasteiger partial charge on any atom is -0.341 e. The normalized spacial score (nSPS) is 26.8. The molecule has 1 saturated carbocycles. The van der Waals surface area contributed by atoms with Crippen molar-refractivity contribution in [2.75, 3.05) is 19.6 Å². The molecule has 4 amide bonds. The van der Waals surface area contributed by atoms with Crippen LogP contribution in [0.4, 0.5) is 8.78 Å². The quantitative estimate of drug-likeness (QED) is 0.404. The number of fused-ring (bicyclic) bond motifs is 1. The van der Waals surface area contributed by atoms with E-state index in [0.717, 1.165) is 49.1 Å². The Balaban J connectivity index is 1.12. The molecule has 0 N–H and O–H groups in total. The lowest BCUT2D eigenvalue weighted by atomic mass is 9.67. The van der Waals surface area contributed by atoms with Crippen LogP contribution in [0.15, 0.2) is 35.5 Å². The maximum atomic E-state index is 14.1. The van der Waals surface area contributed by atoms with Crippen LogP contribution in [0.2, 0.25) is 0 Å². The van der Waals surface area contributed by atoms with E-state index < -0.39 is 11.6 Å². The first-order valence-electron chi connectivity index (χ1n) is 14.9. The van der Waals surface area contributed by atoms with Gasteiger partial charge in [0.05, 0.1) is 17.7 Å². The standard InChI is InChI=1S/C31H36F2N4O4/c32-24-9-8-20(16-25(24)33)29-22-6-2-3-7-23(22)30(41)37(34-29)21-10-14-35(15-11-21)28(40)19-36-26(38)17-31(18-27(36)39)12-4-1-5-13-31/h2-3,8-9,16,21-23H,1,4-7,10-15,17-19H2/t22-,23+/m0/s1. The van der Waals surface area contributed by atoms with E-state index in [4.69, 9.17) is 5.10 Å². The first-order valence-corrected chi connectivity index (χ1v) is 14.9. The van der Waals surface area contributed by atoms with E-state index in [0.29, 0.717) is 62.9 Å². The molecule has 3 fully saturated rings. The fraction of sp³-hybridized carbons (Fsp3) is 0.581. The van der Waals surface area contributed by atoms with Crippen LogP contribution >= 0.6 is 0 Å². The maximum Gasteiger partial charge on any atom is 0.247 e. The third-order valence-electron chi connectivity index (χ3n) is 9.78. The molecule has 8 nitrogen and oxygen atoms in total. The predicted molar refractivity (Wildman–Crippen MR) is 146 cm³/mol. The highest BCUT2D eigenvalue weighted by Gasteiger charge is 2.46. The molecule has 0 aromatic heterocycles. The summed E-state index contributed by atoms with van der Waals surface area (Å²) < 4.78 is 27.7. The van der Waals surface area contributed by atoms with Crippen molar-refractivity contribution >= 4 is 29.3 Å². The number of hydrazone groups is 1. The molecular weight excluding hydrogens is 530 g/mol. The van der Waals surface area contributed by atoms with Gasteiger partial charge in [-0.1, -0.05) is 31.4 Å². The van der Waals surface area contributed by atoms with Crippen molar-refractivity contribution in [2.45, 2.75) is 76.7 Å². The summed E-state index contributed by atoms with van der Waals surface area (Å²) in [7, 11) is 0. The molecule has 1 aromatic rings. The Morgan fingerprint density at radius 3 is 2.22 bits per heavy atom. The van der Waals surface area contributed by atoms with Gasteiger partial charge in [0.15, 0.2) is 11.6 Å². The van der Waals surface area contributed by atoms with Crippen molar-refractivity contribution in [2.24, 2.45) is 22.4 Å². The fourth-order valence-corrected chi connectivity index (χ4v) is 7.45. The number of carbonyl (C=O) groups excluding carboxylic acids is 4. The molecule has 0 radical (unpaired) electrons. The number of carbonyl (C=O) groups is 4. The summed E-state index contributed by atoms with van der Waals surface area (Å²) in [4.78, 5) is 55.3. The van der Waals surface area contributed by atoms with Crippen LogP contribution in [0, 0.1) is 28.9 Å². The Morgan fingerprint density at radius 2 is 1.56 bits per heavy atom. The van der Waals surface area contributed by atoms with Gasteiger partial charge in [-0.05, 0) is 62.1 Å². The van der Waals surface area contributed by atoms with Gasteiger partial charge < -0.3 is 4.90 Å². The molecule has 5 aliphatic rings. The van der Waals surface area contributed by atoms with E-state index in [-0.39, 0.29) is 53.5 Å². The van der Waals surface area contributed by atoms with E-state index in [1.807, 2.05) is 12.2 Å². The Hall–Kier alpha value is -3.43. The number of hydrogen-bond donors (Lipinski definition) is 0. The Labute approximate surface area is 238 Å². The van der Waals surface area contributed by atoms with Gasteiger partial charge >= 0.3 is 0 Å². The van der Waals surface area contributed by atoms with Gasteiger partial charge in [-0.15, -0.1) is 0 Å². The maximum absolute atomic E-state index is 14.1. The van der Waals surface area contributed by atoms with E-state index in [2.05, 4.69) is 0 Å². The van der Waals surface area contributed by atoms with Gasteiger partial charge in [-0.2, -0.15) is 5.10 Å². The van der Waals surface area contributed by atoms with Crippen molar-refractivity contribution in [3.8, 4) is 0 Å². The molecule has 41 heavy (non-hydrogen) atoms. The molecule has 1 aromatic carbocycles. The molecule has 6 rings (SSSR count). The topological polar surface area (TPSA) is 90.4 Å². The van der Waals surface area contributed by atoms with Crippen molar-refractivity contribution in [1.29, 1.82) is 0 Å². The van der Waals surface area contributed by atoms with Crippen molar-refractivity contribution < 1.29 is 28.0 Å². The van der Waals surface area contributed by atoms with Crippen LogP contribution in [0.1, 0.15) is 76.2 Å². The third-order valence-corrected chi connectivity index (χ3v) is 9.78. The number of allylic oxidation sites excluding steroid dienone is 2. The smallest absolute Gasteiger partial charge is 0.247 e. The predicted octanol–water partition coefficient (Wildman–Crippen LogP) is 4.18. The van der Waals surface area contributed by atoms with Gasteiger partial charge in [0.2, 0.25) is 23.6 Å². The summed E-state index contributed by atoms with van der Waals surface area (Å²) in [6.45, 7) is 0.504. The zero-order chi connectivity index (χ0) is 28.7. The fourth-order valence-electron chi connectivity index (χ4n) is 7.45. The second-order valence-corrected chi connectivity index (χ2v) is 12.4. The average molecular weight is 567 g/mol. The van der Waals surface area contributed by atoms with E-state index in [9.17, 15) is 28.0 Å². The zero-order valence-corrected chi connectivity index (χ0v) is 23.2. The van der Waals surface area contributed by atoms with Crippen LogP contribution in [0.5, 0.6) is 0 Å². The summed E-state index contributed by atoms with van der Waals surface area (Å²) in [5.41, 5.74) is 0.816. The number of amides is 4. The Kier molecular flexibility index (Phi) is 7.50. The zero-order valence-electron chi connectivity index (χ0n) is 23.2. The lowest BCUT2D eigenvalue weighted by molar-refractivity contribution is -0.159. The van der Waals surface area contributed by atoms with Crippen molar-refractivity contribution in [3.05, 3.63) is 47.5 Å². The second kappa shape index (κ2) is 11.1. The molecule has 3 aliphatic heterocycles. The SMILES string of the molecule is O=C(CN1C(=O)CC2(CCCCC2)CC1=O)N1CCC(N2N=C(c3ccc(F)c(F)c3)[C@H]3CC=CC[C@H]3C2=O)CC1. The molecule has 0 bridgehead atoms. The van der Waals surface area contributed by atoms with Crippen LogP contribution in [-0.4, -0.2) is 69.8 Å². The number of nitrogens with zero attached hydrogens (tertiary/aromatic N) is 4. The highest BCUT2D eigenvalue weighted by molar-refractivity contribution is 6.07. The van der Waals surface area contributed by atoms with E-state index >= 15 is 0 Å². The molecule has 2 aliphatic carbocycles. The molecule has 218 valence electrons. The van der Waals surface area contributed by atoms with Gasteiger partial charge in [-0.25, -0.2) is 13.8 Å². The average Bonchev–Trinajstić information content (AvgIpc) is 2.97. The first-order chi connectivity index (χ1) is 19.7. The summed E-state index contributed by atoms with van der Waals surface area (Å²) in [5, 5.41) is 6.21. The number of hydrogen-bond acceptors (Lipinski definition) is 5. The van der Waals surface area contributed by atoms with Crippen molar-refractivity contribution in [1.82, 2.24) is 14.8 Å². The minimum atomic E-state index is -0.956. The molecule has 3 heterocycles. The minimum absolute atomic E-state index is 0.0865. The van der Waals surface area contributed by atoms with Gasteiger partial charge in [0.1, 0.15) is 6.54 Å². The van der Waals surface area contributed by atoms with Crippen molar-refractivity contribution in [3.63, 3.8) is 0 Å². The lowest BCUT2D eigenvalue weighted by Crippen LogP contribution is -2.55. The van der Waals surface area contributed by atoms with Crippen LogP contribution < -0.4 is 0 Å². The summed E-state index contributed by atoms with van der Waals surface area (Å²) in [5.74, 6) is -3.28. The largest absolute Gasteiger partial charge is 0.341 e. The summed E-state index contributed by atoms with van der Waals surface area (Å²) in [6, 6.07) is 3.47. The van der Waals surface area contributed by atoms with E-state index in [1.54, 1.807) is 4.90 Å². The number of imide groups is 1. The van der Waals surface area contributed by atoms with Gasteiger partial charge in [0.25, 0.3) is 0 Å².